The Balaban J connectivity index is 1.88. The number of benzene rings is 1. The van der Waals surface area contributed by atoms with E-state index in [-0.39, 0.29) is 27.4 Å². The molecule has 36 heavy (non-hydrogen) atoms. The molecule has 0 aromatic heterocycles. The van der Waals surface area contributed by atoms with E-state index in [0.29, 0.717) is 12.2 Å². The van der Waals surface area contributed by atoms with Crippen LogP contribution in [0.5, 0.6) is 5.75 Å². The molecule has 0 saturated carbocycles. The molecule has 5 nitrogen and oxygen atoms in total. The molecule has 1 atom stereocenters. The zero-order valence-electron chi connectivity index (χ0n) is 21.8. The van der Waals surface area contributed by atoms with Crippen LogP contribution in [0.15, 0.2) is 46.2 Å². The van der Waals surface area contributed by atoms with Gasteiger partial charge < -0.3 is 9.47 Å². The van der Waals surface area contributed by atoms with Gasteiger partial charge in [-0.1, -0.05) is 47.6 Å². The highest BCUT2D eigenvalue weighted by Gasteiger charge is 2.37. The Morgan fingerprint density at radius 1 is 1.14 bits per heavy atom. The summed E-state index contributed by atoms with van der Waals surface area (Å²) in [6.45, 7) is 14.1. The molecule has 1 aromatic rings. The molecule has 0 aliphatic carbocycles. The lowest BCUT2D eigenvalue weighted by molar-refractivity contribution is -0.139. The van der Waals surface area contributed by atoms with Gasteiger partial charge in [-0.15, -0.1) is 0 Å². The van der Waals surface area contributed by atoms with Gasteiger partial charge in [0.2, 0.25) is 0 Å². The summed E-state index contributed by atoms with van der Waals surface area (Å²) in [7, 11) is 0. The molecular formula is C27H34F3IN2O3. The number of hydrogen-bond donors (Lipinski definition) is 0. The lowest BCUT2D eigenvalue weighted by Gasteiger charge is -2.23. The van der Waals surface area contributed by atoms with Crippen molar-refractivity contribution >= 4 is 35.9 Å². The summed E-state index contributed by atoms with van der Waals surface area (Å²) in [5.41, 5.74) is 5.09. The summed E-state index contributed by atoms with van der Waals surface area (Å²) in [6.07, 6.45) is -3.35. The lowest BCUT2D eigenvalue weighted by atomic mass is 9.85. The van der Waals surface area contributed by atoms with E-state index >= 15 is 0 Å². The Labute approximate surface area is 221 Å². The zero-order chi connectivity index (χ0) is 26.8. The Hall–Kier alpha value is -2.01. The molecule has 2 heterocycles. The van der Waals surface area contributed by atoms with Gasteiger partial charge in [0.25, 0.3) is 0 Å². The summed E-state index contributed by atoms with van der Waals surface area (Å²) >= 11 is -0.495. The molecule has 9 heteroatoms. The first-order valence-electron chi connectivity index (χ1n) is 12.0. The minimum Gasteiger partial charge on any atom is -0.493 e. The SMILES string of the molecule is C/C=C1/C2I=C(OCC)C(C)=C(C)C2=NN1CC(=O)c1cc(OCCC(F)(F)F)cc(C(C)(C)C)c1. The van der Waals surface area contributed by atoms with Gasteiger partial charge >= 0.3 is 6.18 Å². The number of hydrazone groups is 1. The van der Waals surface area contributed by atoms with E-state index in [4.69, 9.17) is 14.6 Å². The minimum absolute atomic E-state index is 0.0370. The van der Waals surface area contributed by atoms with Crippen LogP contribution >= 0.6 is 20.7 Å². The first kappa shape index (κ1) is 28.6. The molecule has 0 bridgehead atoms. The second-order valence-electron chi connectivity index (χ2n) is 9.82. The van der Waals surface area contributed by atoms with E-state index in [1.54, 1.807) is 17.1 Å². The first-order valence-corrected chi connectivity index (χ1v) is 14.3. The molecular weight excluding hydrogens is 584 g/mol. The number of allylic oxidation sites excluding steroid dienone is 3. The second kappa shape index (κ2) is 11.2. The molecule has 2 aliphatic rings. The van der Waals surface area contributed by atoms with Crippen LogP contribution in [0.25, 0.3) is 0 Å². The van der Waals surface area contributed by atoms with Crippen molar-refractivity contribution in [2.24, 2.45) is 5.10 Å². The van der Waals surface area contributed by atoms with E-state index < -0.39 is 39.9 Å². The van der Waals surface area contributed by atoms with Crippen molar-refractivity contribution in [3.63, 3.8) is 0 Å². The van der Waals surface area contributed by atoms with E-state index in [2.05, 4.69) is 6.92 Å². The normalized spacial score (nSPS) is 19.7. The molecule has 1 unspecified atom stereocenters. The summed E-state index contributed by atoms with van der Waals surface area (Å²) in [5, 5.41) is 6.59. The van der Waals surface area contributed by atoms with Crippen LogP contribution in [0.3, 0.4) is 0 Å². The highest BCUT2D eigenvalue weighted by Crippen LogP contribution is 2.39. The molecule has 0 amide bonds. The van der Waals surface area contributed by atoms with Crippen LogP contribution in [0.4, 0.5) is 13.2 Å². The average Bonchev–Trinajstić information content (AvgIpc) is 3.12. The molecule has 0 N–H and O–H groups in total. The maximum Gasteiger partial charge on any atom is 0.392 e. The molecule has 1 aromatic carbocycles. The number of nitrogens with zero attached hydrogens (tertiary/aromatic N) is 2. The Morgan fingerprint density at radius 2 is 1.83 bits per heavy atom. The first-order chi connectivity index (χ1) is 16.7. The lowest BCUT2D eigenvalue weighted by Crippen LogP contribution is -2.26. The van der Waals surface area contributed by atoms with Crippen LogP contribution < -0.4 is 4.74 Å². The van der Waals surface area contributed by atoms with Crippen molar-refractivity contribution in [3.8, 4) is 5.75 Å². The zero-order valence-corrected chi connectivity index (χ0v) is 24.0. The summed E-state index contributed by atoms with van der Waals surface area (Å²) in [5.74, 6) is 0.0913. The van der Waals surface area contributed by atoms with Crippen molar-refractivity contribution in [3.05, 3.63) is 52.2 Å². The maximum atomic E-state index is 13.4. The number of hydrogen-bond acceptors (Lipinski definition) is 5. The predicted octanol–water partition coefficient (Wildman–Crippen LogP) is 6.93. The number of carbonyl (C=O) groups excluding carboxylic acids is 1. The predicted molar refractivity (Wildman–Crippen MR) is 146 cm³/mol. The van der Waals surface area contributed by atoms with Crippen LogP contribution in [-0.2, 0) is 10.2 Å². The Bertz CT molecular complexity index is 1140. The van der Waals surface area contributed by atoms with E-state index in [9.17, 15) is 18.0 Å². The molecule has 0 radical (unpaired) electrons. The van der Waals surface area contributed by atoms with E-state index in [0.717, 1.165) is 31.8 Å². The largest absolute Gasteiger partial charge is 0.493 e. The van der Waals surface area contributed by atoms with Gasteiger partial charge in [0.05, 0.1) is 35.0 Å². The van der Waals surface area contributed by atoms with Crippen molar-refractivity contribution < 1.29 is 27.4 Å². The second-order valence-corrected chi connectivity index (χ2v) is 12.7. The molecule has 2 aliphatic heterocycles. The smallest absolute Gasteiger partial charge is 0.392 e. The Kier molecular flexibility index (Phi) is 8.86. The summed E-state index contributed by atoms with van der Waals surface area (Å²) < 4.78 is 50.4. The number of ketones is 1. The molecule has 0 spiro atoms. The van der Waals surface area contributed by atoms with Gasteiger partial charge in [0.15, 0.2) is 5.78 Å². The minimum atomic E-state index is -4.30. The monoisotopic (exact) mass is 618 g/mol. The molecule has 3 rings (SSSR count). The molecule has 198 valence electrons. The number of Topliss-reactive ketones (excluding diaryl/α,β-unsaturated/α-hetero) is 1. The van der Waals surface area contributed by atoms with Crippen molar-refractivity contribution in [1.29, 1.82) is 0 Å². The van der Waals surface area contributed by atoms with Gasteiger partial charge in [-0.2, -0.15) is 18.3 Å². The number of alkyl halides is 4. The third-order valence-electron chi connectivity index (χ3n) is 6.08. The van der Waals surface area contributed by atoms with Crippen molar-refractivity contribution in [2.75, 3.05) is 19.8 Å². The van der Waals surface area contributed by atoms with Gasteiger partial charge in [0, 0.05) is 5.56 Å². The van der Waals surface area contributed by atoms with Gasteiger partial charge in [-0.3, -0.25) is 9.80 Å². The van der Waals surface area contributed by atoms with E-state index in [1.807, 2.05) is 47.6 Å². The fourth-order valence-electron chi connectivity index (χ4n) is 3.88. The number of fused-ring (bicyclic) bond motifs is 1. The van der Waals surface area contributed by atoms with Gasteiger partial charge in [0.1, 0.15) is 16.0 Å². The highest BCUT2D eigenvalue weighted by molar-refractivity contribution is 14.2. The summed E-state index contributed by atoms with van der Waals surface area (Å²) in [4.78, 5) is 13.4. The van der Waals surface area contributed by atoms with Crippen molar-refractivity contribution in [2.45, 2.75) is 70.4 Å². The van der Waals surface area contributed by atoms with Crippen LogP contribution in [0.2, 0.25) is 0 Å². The van der Waals surface area contributed by atoms with Crippen LogP contribution in [0.1, 0.15) is 70.8 Å². The fourth-order valence-corrected chi connectivity index (χ4v) is 7.69. The molecule has 0 fully saturated rings. The third kappa shape index (κ3) is 6.65. The highest BCUT2D eigenvalue weighted by atomic mass is 127. The van der Waals surface area contributed by atoms with E-state index in [1.165, 1.54) is 6.07 Å². The standard InChI is InChI=1S/C27H34F3IN2O3/c1-8-21-23-24(16(3)17(4)25(31-23)35-9-2)32-33(21)15-22(34)18-12-19(26(5,6)7)14-20(13-18)36-11-10-27(28,29)30/h8,12-14,23H,9-11,15H2,1-7H3/b21-8-. The van der Waals surface area contributed by atoms with Crippen molar-refractivity contribution in [1.82, 2.24) is 5.01 Å². The number of carbonyl (C=O) groups is 1. The number of rotatable bonds is 8. The van der Waals surface area contributed by atoms with Gasteiger partial charge in [-0.05, 0) is 68.0 Å². The van der Waals surface area contributed by atoms with Gasteiger partial charge in [-0.25, -0.2) is 0 Å². The average molecular weight is 618 g/mol. The number of ether oxygens (including phenoxy) is 2. The topological polar surface area (TPSA) is 51.1 Å². The fraction of sp³-hybridized carbons (Fsp3) is 0.519. The number of halogens is 4. The molecule has 0 saturated heterocycles. The van der Waals surface area contributed by atoms with Crippen LogP contribution in [-0.4, -0.2) is 50.1 Å². The Morgan fingerprint density at radius 3 is 2.42 bits per heavy atom. The third-order valence-corrected chi connectivity index (χ3v) is 9.62. The van der Waals surface area contributed by atoms with Crippen LogP contribution in [0, 0.1) is 0 Å². The summed E-state index contributed by atoms with van der Waals surface area (Å²) in [6, 6.07) is 5.04. The quantitative estimate of drug-likeness (QED) is 0.180. The maximum absolute atomic E-state index is 13.4.